The lowest BCUT2D eigenvalue weighted by Crippen LogP contribution is -2.44. The number of carbonyl (C=O) groups excluding carboxylic acids is 1. The van der Waals surface area contributed by atoms with Gasteiger partial charge in [0.25, 0.3) is 0 Å². The molecular weight excluding hydrogens is 400 g/mol. The molecule has 0 aliphatic rings. The number of nitrogens with zero attached hydrogens (tertiary/aromatic N) is 4. The van der Waals surface area contributed by atoms with E-state index in [9.17, 15) is 4.79 Å². The van der Waals surface area contributed by atoms with Gasteiger partial charge in [0.05, 0.1) is 23.7 Å². The van der Waals surface area contributed by atoms with Gasteiger partial charge in [0.1, 0.15) is 0 Å². The summed E-state index contributed by atoms with van der Waals surface area (Å²) in [6.07, 6.45) is 0.909. The van der Waals surface area contributed by atoms with Crippen LogP contribution in [0.5, 0.6) is 0 Å². The van der Waals surface area contributed by atoms with Gasteiger partial charge < -0.3 is 9.32 Å². The van der Waals surface area contributed by atoms with E-state index in [2.05, 4.69) is 17.1 Å². The molecule has 0 saturated heterocycles. The average Bonchev–Trinajstić information content (AvgIpc) is 3.17. The first kappa shape index (κ1) is 22.0. The zero-order valence-electron chi connectivity index (χ0n) is 17.6. The third kappa shape index (κ3) is 5.46. The van der Waals surface area contributed by atoms with Crippen molar-refractivity contribution in [1.29, 1.82) is 0 Å². The molecule has 0 N–H and O–H groups in total. The van der Waals surface area contributed by atoms with E-state index in [0.29, 0.717) is 28.9 Å². The quantitative estimate of drug-likeness (QED) is 0.479. The van der Waals surface area contributed by atoms with E-state index >= 15 is 0 Å². The molecule has 0 atom stereocenters. The number of benzene rings is 2. The maximum atomic E-state index is 13.1. The number of hydrogen-bond donors (Lipinski definition) is 0. The first-order valence-corrected chi connectivity index (χ1v) is 10.5. The molecule has 30 heavy (non-hydrogen) atoms. The topological polar surface area (TPSA) is 62.5 Å². The Morgan fingerprint density at radius 3 is 2.43 bits per heavy atom. The summed E-state index contributed by atoms with van der Waals surface area (Å²) in [6.45, 7) is 7.53. The van der Waals surface area contributed by atoms with Crippen LogP contribution in [0.3, 0.4) is 0 Å². The third-order valence-corrected chi connectivity index (χ3v) is 4.98. The molecule has 3 rings (SSSR count). The third-order valence-electron chi connectivity index (χ3n) is 4.65. The van der Waals surface area contributed by atoms with Gasteiger partial charge in [-0.1, -0.05) is 48.9 Å². The van der Waals surface area contributed by atoms with Crippen molar-refractivity contribution in [2.24, 2.45) is 0 Å². The average molecular weight is 427 g/mol. The van der Waals surface area contributed by atoms with Gasteiger partial charge >= 0.3 is 0 Å². The predicted octanol–water partition coefficient (Wildman–Crippen LogP) is 5.04. The Kier molecular flexibility index (Phi) is 7.60. The number of hydrogen-bond acceptors (Lipinski definition) is 5. The molecule has 1 amide bonds. The van der Waals surface area contributed by atoms with Gasteiger partial charge in [-0.15, -0.1) is 10.2 Å². The zero-order chi connectivity index (χ0) is 21.5. The summed E-state index contributed by atoms with van der Waals surface area (Å²) in [5, 5.41) is 8.85. The highest BCUT2D eigenvalue weighted by Crippen LogP contribution is 2.26. The van der Waals surface area contributed by atoms with Crippen LogP contribution in [0.2, 0.25) is 5.02 Å². The number of halogens is 1. The summed E-state index contributed by atoms with van der Waals surface area (Å²) in [5.41, 5.74) is 1.60. The van der Waals surface area contributed by atoms with Crippen LogP contribution in [0.4, 0.5) is 5.69 Å². The lowest BCUT2D eigenvalue weighted by atomic mass is 10.2. The van der Waals surface area contributed by atoms with E-state index < -0.39 is 0 Å². The first-order valence-electron chi connectivity index (χ1n) is 10.2. The fraction of sp³-hybridized carbons (Fsp3) is 0.348. The molecule has 0 radical (unpaired) electrons. The van der Waals surface area contributed by atoms with Crippen molar-refractivity contribution in [3.05, 3.63) is 65.5 Å². The van der Waals surface area contributed by atoms with Gasteiger partial charge in [-0.25, -0.2) is 0 Å². The van der Waals surface area contributed by atoms with E-state index in [4.69, 9.17) is 16.0 Å². The van der Waals surface area contributed by atoms with E-state index in [-0.39, 0.29) is 18.5 Å². The van der Waals surface area contributed by atoms with Crippen molar-refractivity contribution < 1.29 is 9.21 Å². The second-order valence-electron chi connectivity index (χ2n) is 7.38. The fourth-order valence-electron chi connectivity index (χ4n) is 3.37. The van der Waals surface area contributed by atoms with Crippen molar-refractivity contribution in [3.63, 3.8) is 0 Å². The predicted molar refractivity (Wildman–Crippen MR) is 119 cm³/mol. The SMILES string of the molecule is CCCN(CC(=O)N(c1ccccc1)C(C)C)Cc1nnc(-c2ccccc2Cl)o1. The second-order valence-corrected chi connectivity index (χ2v) is 7.79. The molecule has 0 fully saturated rings. The van der Waals surface area contributed by atoms with Crippen molar-refractivity contribution in [1.82, 2.24) is 15.1 Å². The van der Waals surface area contributed by atoms with E-state index in [1.165, 1.54) is 0 Å². The Bertz CT molecular complexity index is 959. The summed E-state index contributed by atoms with van der Waals surface area (Å²) < 4.78 is 5.83. The normalized spacial score (nSPS) is 11.3. The molecule has 6 nitrogen and oxygen atoms in total. The second kappa shape index (κ2) is 10.4. The minimum Gasteiger partial charge on any atom is -0.419 e. The molecule has 0 bridgehead atoms. The summed E-state index contributed by atoms with van der Waals surface area (Å²) in [5.74, 6) is 0.879. The van der Waals surface area contributed by atoms with Crippen molar-refractivity contribution in [2.45, 2.75) is 39.8 Å². The molecule has 2 aromatic carbocycles. The van der Waals surface area contributed by atoms with Crippen LogP contribution in [-0.4, -0.2) is 40.1 Å². The molecule has 0 unspecified atom stereocenters. The lowest BCUT2D eigenvalue weighted by molar-refractivity contribution is -0.120. The van der Waals surface area contributed by atoms with Crippen LogP contribution < -0.4 is 4.90 Å². The monoisotopic (exact) mass is 426 g/mol. The van der Waals surface area contributed by atoms with Crippen LogP contribution in [0.1, 0.15) is 33.1 Å². The van der Waals surface area contributed by atoms with Crippen LogP contribution in [0.15, 0.2) is 59.0 Å². The zero-order valence-corrected chi connectivity index (χ0v) is 18.3. The van der Waals surface area contributed by atoms with E-state index in [1.807, 2.05) is 72.2 Å². The largest absolute Gasteiger partial charge is 0.419 e. The van der Waals surface area contributed by atoms with E-state index in [0.717, 1.165) is 18.7 Å². The van der Waals surface area contributed by atoms with E-state index in [1.54, 1.807) is 6.07 Å². The number of aromatic nitrogens is 2. The van der Waals surface area contributed by atoms with Crippen LogP contribution in [0, 0.1) is 0 Å². The van der Waals surface area contributed by atoms with Gasteiger partial charge in [-0.05, 0) is 51.1 Å². The van der Waals surface area contributed by atoms with Gasteiger partial charge in [0.15, 0.2) is 0 Å². The number of para-hydroxylation sites is 1. The Balaban J connectivity index is 1.73. The van der Waals surface area contributed by atoms with Crippen molar-refractivity contribution in [2.75, 3.05) is 18.0 Å². The molecule has 7 heteroatoms. The van der Waals surface area contributed by atoms with Gasteiger partial charge in [-0.2, -0.15) is 0 Å². The maximum Gasteiger partial charge on any atom is 0.249 e. The highest BCUT2D eigenvalue weighted by Gasteiger charge is 2.22. The number of amides is 1. The molecule has 0 saturated carbocycles. The first-order chi connectivity index (χ1) is 14.5. The minimum atomic E-state index is 0.0375. The van der Waals surface area contributed by atoms with Crippen LogP contribution in [-0.2, 0) is 11.3 Å². The standard InChI is InChI=1S/C23H27ClN4O2/c1-4-14-27(16-22(29)28(17(2)3)18-10-6-5-7-11-18)15-21-25-26-23(30-21)19-12-8-9-13-20(19)24/h5-13,17H,4,14-16H2,1-3H3. The molecule has 0 spiro atoms. The highest BCUT2D eigenvalue weighted by atomic mass is 35.5. The van der Waals surface area contributed by atoms with Crippen LogP contribution >= 0.6 is 11.6 Å². The minimum absolute atomic E-state index is 0.0375. The smallest absolute Gasteiger partial charge is 0.249 e. The summed E-state index contributed by atoms with van der Waals surface area (Å²) in [4.78, 5) is 17.0. The highest BCUT2D eigenvalue weighted by molar-refractivity contribution is 6.33. The lowest BCUT2D eigenvalue weighted by Gasteiger charge is -2.29. The molecule has 158 valence electrons. The molecule has 0 aliphatic heterocycles. The van der Waals surface area contributed by atoms with Gasteiger partial charge in [0, 0.05) is 11.7 Å². The molecule has 1 aromatic heterocycles. The summed E-state index contributed by atoms with van der Waals surface area (Å²) in [6, 6.07) is 17.1. The molecule has 1 heterocycles. The summed E-state index contributed by atoms with van der Waals surface area (Å²) >= 11 is 6.23. The Labute approximate surface area is 182 Å². The molecular formula is C23H27ClN4O2. The molecule has 0 aliphatic carbocycles. The molecule has 3 aromatic rings. The maximum absolute atomic E-state index is 13.1. The van der Waals surface area contributed by atoms with Crippen molar-refractivity contribution >= 4 is 23.2 Å². The van der Waals surface area contributed by atoms with Crippen LogP contribution in [0.25, 0.3) is 11.5 Å². The van der Waals surface area contributed by atoms with Gasteiger partial charge in [-0.3, -0.25) is 9.69 Å². The fourth-order valence-corrected chi connectivity index (χ4v) is 3.59. The Morgan fingerprint density at radius 2 is 1.77 bits per heavy atom. The van der Waals surface area contributed by atoms with Crippen molar-refractivity contribution in [3.8, 4) is 11.5 Å². The van der Waals surface area contributed by atoms with Gasteiger partial charge in [0.2, 0.25) is 17.7 Å². The number of rotatable bonds is 9. The number of anilines is 1. The Morgan fingerprint density at radius 1 is 1.07 bits per heavy atom. The Hall–Kier alpha value is -2.70. The summed E-state index contributed by atoms with van der Waals surface area (Å²) in [7, 11) is 0. The number of carbonyl (C=O) groups is 1.